The average molecular weight is 486 g/mol. The summed E-state index contributed by atoms with van der Waals surface area (Å²) in [7, 11) is 2.02. The van der Waals surface area contributed by atoms with Crippen LogP contribution in [0.3, 0.4) is 0 Å². The molecule has 0 unspecified atom stereocenters. The summed E-state index contributed by atoms with van der Waals surface area (Å²) in [5.74, 6) is -0.652. The van der Waals surface area contributed by atoms with Crippen molar-refractivity contribution in [3.63, 3.8) is 0 Å². The van der Waals surface area contributed by atoms with Crippen molar-refractivity contribution in [3.8, 4) is 0 Å². The topological polar surface area (TPSA) is 99.0 Å². The van der Waals surface area contributed by atoms with E-state index in [4.69, 9.17) is 11.6 Å². The van der Waals surface area contributed by atoms with Crippen LogP contribution in [0.15, 0.2) is 36.4 Å². The molecule has 2 aliphatic rings. The number of hydrogen-bond donors (Lipinski definition) is 1. The van der Waals surface area contributed by atoms with Gasteiger partial charge < -0.3 is 20.0 Å². The van der Waals surface area contributed by atoms with Crippen LogP contribution in [0, 0.1) is 10.1 Å². The normalized spacial score (nSPS) is 16.9. The number of hydrogen-bond acceptors (Lipinski definition) is 6. The quantitative estimate of drug-likeness (QED) is 0.509. The minimum Gasteiger partial charge on any atom is -0.366 e. The number of anilines is 2. The molecule has 2 saturated heterocycles. The van der Waals surface area contributed by atoms with Crippen LogP contribution < -0.4 is 10.2 Å². The molecule has 2 fully saturated rings. The molecule has 34 heavy (non-hydrogen) atoms. The molecule has 0 spiro atoms. The van der Waals surface area contributed by atoms with E-state index in [0.717, 1.165) is 45.4 Å². The molecule has 0 aliphatic carbocycles. The summed E-state index contributed by atoms with van der Waals surface area (Å²) in [6, 6.07) is 9.27. The van der Waals surface area contributed by atoms with Crippen molar-refractivity contribution < 1.29 is 14.5 Å². The number of amides is 2. The Bertz CT molecular complexity index is 1090. The molecule has 4 rings (SSSR count). The maximum atomic E-state index is 12.9. The second kappa shape index (κ2) is 10.4. The van der Waals surface area contributed by atoms with Crippen LogP contribution in [0.2, 0.25) is 5.02 Å². The monoisotopic (exact) mass is 485 g/mol. The third-order valence-corrected chi connectivity index (χ3v) is 6.71. The van der Waals surface area contributed by atoms with Crippen molar-refractivity contribution in [2.24, 2.45) is 0 Å². The van der Waals surface area contributed by atoms with Gasteiger partial charge in [0.25, 0.3) is 17.5 Å². The van der Waals surface area contributed by atoms with Gasteiger partial charge in [-0.05, 0) is 56.6 Å². The number of nitro groups is 1. The van der Waals surface area contributed by atoms with Crippen molar-refractivity contribution >= 4 is 40.5 Å². The van der Waals surface area contributed by atoms with Crippen molar-refractivity contribution in [2.75, 3.05) is 56.5 Å². The van der Waals surface area contributed by atoms with E-state index in [1.54, 1.807) is 35.2 Å². The Balaban J connectivity index is 1.53. The Morgan fingerprint density at radius 1 is 0.941 bits per heavy atom. The number of rotatable bonds is 5. The molecule has 10 heteroatoms. The van der Waals surface area contributed by atoms with Crippen molar-refractivity contribution in [1.29, 1.82) is 0 Å². The van der Waals surface area contributed by atoms with Gasteiger partial charge in [-0.2, -0.15) is 0 Å². The molecule has 0 radical (unpaired) electrons. The van der Waals surface area contributed by atoms with Gasteiger partial charge in [-0.3, -0.25) is 19.7 Å². The molecule has 9 nitrogen and oxygen atoms in total. The molecular weight excluding hydrogens is 458 g/mol. The molecule has 2 heterocycles. The van der Waals surface area contributed by atoms with E-state index in [1.807, 2.05) is 11.9 Å². The van der Waals surface area contributed by atoms with E-state index in [-0.39, 0.29) is 27.9 Å². The minimum atomic E-state index is -0.528. The fourth-order valence-corrected chi connectivity index (χ4v) is 4.52. The van der Waals surface area contributed by atoms with E-state index in [0.29, 0.717) is 24.3 Å². The number of carbonyl (C=O) groups excluding carboxylic acids is 2. The average Bonchev–Trinajstić information content (AvgIpc) is 2.85. The number of piperazine rings is 1. The number of halogens is 1. The Morgan fingerprint density at radius 2 is 1.62 bits per heavy atom. The standard InChI is InChI=1S/C24H28ClN5O4/c1-27-11-13-29(14-12-27)24(32)18-5-7-19(25)20(15-18)26-23(31)17-6-8-21(22(16-17)30(33)34)28-9-3-2-4-10-28/h5-8,15-16H,2-4,9-14H2,1H3,(H,26,31). The van der Waals surface area contributed by atoms with Gasteiger partial charge in [0.05, 0.1) is 15.6 Å². The maximum absolute atomic E-state index is 12.9. The third kappa shape index (κ3) is 5.31. The number of nitrogens with zero attached hydrogens (tertiary/aromatic N) is 4. The number of piperidine rings is 1. The number of carbonyl (C=O) groups is 2. The molecule has 0 aromatic heterocycles. The molecule has 2 aliphatic heterocycles. The summed E-state index contributed by atoms with van der Waals surface area (Å²) in [5, 5.41) is 14.7. The van der Waals surface area contributed by atoms with E-state index in [1.165, 1.54) is 6.07 Å². The zero-order valence-electron chi connectivity index (χ0n) is 19.1. The zero-order valence-corrected chi connectivity index (χ0v) is 19.9. The zero-order chi connectivity index (χ0) is 24.2. The highest BCUT2D eigenvalue weighted by molar-refractivity contribution is 6.34. The van der Waals surface area contributed by atoms with Gasteiger partial charge in [-0.15, -0.1) is 0 Å². The number of nitro benzene ring substituents is 1. The van der Waals surface area contributed by atoms with E-state index in [2.05, 4.69) is 10.2 Å². The van der Waals surface area contributed by atoms with E-state index >= 15 is 0 Å². The first-order valence-electron chi connectivity index (χ1n) is 11.5. The second-order valence-corrected chi connectivity index (χ2v) is 9.16. The molecule has 2 aromatic carbocycles. The van der Waals surface area contributed by atoms with Gasteiger partial charge in [0.2, 0.25) is 0 Å². The van der Waals surface area contributed by atoms with Crippen molar-refractivity contribution in [3.05, 3.63) is 62.7 Å². The van der Waals surface area contributed by atoms with Crippen LogP contribution in [0.5, 0.6) is 0 Å². The highest BCUT2D eigenvalue weighted by atomic mass is 35.5. The molecule has 2 aromatic rings. The predicted octanol–water partition coefficient (Wildman–Crippen LogP) is 3.88. The maximum Gasteiger partial charge on any atom is 0.293 e. The summed E-state index contributed by atoms with van der Waals surface area (Å²) >= 11 is 6.28. The van der Waals surface area contributed by atoms with Crippen LogP contribution in [-0.2, 0) is 0 Å². The lowest BCUT2D eigenvalue weighted by atomic mass is 10.1. The van der Waals surface area contributed by atoms with Crippen molar-refractivity contribution in [2.45, 2.75) is 19.3 Å². The summed E-state index contributed by atoms with van der Waals surface area (Å²) < 4.78 is 0. The first kappa shape index (κ1) is 24.0. The van der Waals surface area contributed by atoms with E-state index < -0.39 is 10.8 Å². The fourth-order valence-electron chi connectivity index (χ4n) is 4.35. The van der Waals surface area contributed by atoms with Gasteiger partial charge in [0.1, 0.15) is 5.69 Å². The van der Waals surface area contributed by atoms with Crippen LogP contribution in [0.4, 0.5) is 17.1 Å². The molecule has 180 valence electrons. The largest absolute Gasteiger partial charge is 0.366 e. The lowest BCUT2D eigenvalue weighted by Crippen LogP contribution is -2.47. The third-order valence-electron chi connectivity index (χ3n) is 6.38. The van der Waals surface area contributed by atoms with Crippen LogP contribution in [-0.4, -0.2) is 72.9 Å². The highest BCUT2D eigenvalue weighted by Gasteiger charge is 2.24. The smallest absolute Gasteiger partial charge is 0.293 e. The SMILES string of the molecule is CN1CCN(C(=O)c2ccc(Cl)c(NC(=O)c3ccc(N4CCCCC4)c([N+](=O)[O-])c3)c2)CC1. The van der Waals surface area contributed by atoms with Gasteiger partial charge in [-0.1, -0.05) is 11.6 Å². The fraction of sp³-hybridized carbons (Fsp3) is 0.417. The molecule has 0 bridgehead atoms. The molecule has 0 atom stereocenters. The number of likely N-dealkylation sites (N-methyl/N-ethyl adjacent to an activating group) is 1. The lowest BCUT2D eigenvalue weighted by molar-refractivity contribution is -0.384. The molecule has 2 amide bonds. The van der Waals surface area contributed by atoms with Crippen LogP contribution >= 0.6 is 11.6 Å². The summed E-state index contributed by atoms with van der Waals surface area (Å²) in [6.07, 6.45) is 3.09. The predicted molar refractivity (Wildman–Crippen MR) is 132 cm³/mol. The number of nitrogens with one attached hydrogen (secondary N) is 1. The van der Waals surface area contributed by atoms with Crippen LogP contribution in [0.1, 0.15) is 40.0 Å². The van der Waals surface area contributed by atoms with Gasteiger partial charge in [0, 0.05) is 56.5 Å². The van der Waals surface area contributed by atoms with Gasteiger partial charge in [-0.25, -0.2) is 0 Å². The summed E-state index contributed by atoms with van der Waals surface area (Å²) in [4.78, 5) is 43.0. The Morgan fingerprint density at radius 3 is 2.29 bits per heavy atom. The first-order chi connectivity index (χ1) is 16.3. The summed E-state index contributed by atoms with van der Waals surface area (Å²) in [5.41, 5.74) is 1.29. The summed E-state index contributed by atoms with van der Waals surface area (Å²) in [6.45, 7) is 4.38. The second-order valence-electron chi connectivity index (χ2n) is 8.75. The van der Waals surface area contributed by atoms with Gasteiger partial charge >= 0.3 is 0 Å². The highest BCUT2D eigenvalue weighted by Crippen LogP contribution is 2.32. The van der Waals surface area contributed by atoms with Crippen molar-refractivity contribution in [1.82, 2.24) is 9.80 Å². The van der Waals surface area contributed by atoms with E-state index in [9.17, 15) is 19.7 Å². The molecule has 0 saturated carbocycles. The lowest BCUT2D eigenvalue weighted by Gasteiger charge is -2.32. The Hall–Kier alpha value is -3.17. The molecular formula is C24H28ClN5O4. The Kier molecular flexibility index (Phi) is 7.33. The Labute approximate surface area is 203 Å². The van der Waals surface area contributed by atoms with Crippen LogP contribution in [0.25, 0.3) is 0 Å². The minimum absolute atomic E-state index is 0.0976. The number of benzene rings is 2. The first-order valence-corrected chi connectivity index (χ1v) is 11.8. The molecule has 1 N–H and O–H groups in total. The van der Waals surface area contributed by atoms with Gasteiger partial charge in [0.15, 0.2) is 0 Å².